The van der Waals surface area contributed by atoms with Crippen molar-refractivity contribution in [3.63, 3.8) is 0 Å². The van der Waals surface area contributed by atoms with Crippen molar-refractivity contribution in [2.24, 2.45) is 0 Å². The van der Waals surface area contributed by atoms with E-state index in [2.05, 4.69) is 70.8 Å². The number of para-hydroxylation sites is 1. The van der Waals surface area contributed by atoms with Gasteiger partial charge < -0.3 is 9.80 Å². The molecule has 3 aromatic rings. The minimum absolute atomic E-state index is 0.300. The Morgan fingerprint density at radius 1 is 0.962 bits per heavy atom. The summed E-state index contributed by atoms with van der Waals surface area (Å²) in [4.78, 5) is 14.1. The smallest absolute Gasteiger partial charge is 0.178 e. The molecule has 0 amide bonds. The molecule has 1 aromatic heterocycles. The van der Waals surface area contributed by atoms with Crippen LogP contribution in [0.3, 0.4) is 0 Å². The maximum Gasteiger partial charge on any atom is 0.178 e. The third-order valence-corrected chi connectivity index (χ3v) is 4.90. The van der Waals surface area contributed by atoms with Crippen LogP contribution in [0.1, 0.15) is 19.5 Å². The van der Waals surface area contributed by atoms with Crippen molar-refractivity contribution in [1.82, 2.24) is 9.97 Å². The Balaban J connectivity index is 1.85. The molecule has 2 heterocycles. The molecule has 0 fully saturated rings. The highest BCUT2D eigenvalue weighted by atomic mass is 79.9. The average Bonchev–Trinajstić information content (AvgIpc) is 3.00. The van der Waals surface area contributed by atoms with Crippen molar-refractivity contribution < 1.29 is 0 Å². The van der Waals surface area contributed by atoms with Crippen molar-refractivity contribution in [1.29, 1.82) is 0 Å². The fourth-order valence-corrected chi connectivity index (χ4v) is 3.39. The second kappa shape index (κ2) is 6.32. The summed E-state index contributed by atoms with van der Waals surface area (Å²) < 4.78 is 1.04. The second-order valence-corrected chi connectivity index (χ2v) is 8.01. The predicted octanol–water partition coefficient (Wildman–Crippen LogP) is 5.60. The fraction of sp³-hybridized carbons (Fsp3) is 0.190. The van der Waals surface area contributed by atoms with Gasteiger partial charge in [-0.3, -0.25) is 0 Å². The monoisotopic (exact) mass is 407 g/mol. The molecule has 0 unspecified atom stereocenters. The number of nitrogens with zero attached hydrogens (tertiary/aromatic N) is 4. The molecule has 1 aliphatic rings. The molecule has 0 atom stereocenters. The lowest BCUT2D eigenvalue weighted by molar-refractivity contribution is 0.635. The first kappa shape index (κ1) is 16.9. The van der Waals surface area contributed by atoms with E-state index in [1.54, 1.807) is 0 Å². The Hall–Kier alpha value is -2.53. The lowest BCUT2D eigenvalue weighted by atomic mass is 9.93. The van der Waals surface area contributed by atoms with Crippen LogP contribution in [0.25, 0.3) is 0 Å². The van der Waals surface area contributed by atoms with Gasteiger partial charge in [-0.25, -0.2) is 9.97 Å². The van der Waals surface area contributed by atoms with E-state index in [1.165, 1.54) is 0 Å². The lowest BCUT2D eigenvalue weighted by Crippen LogP contribution is -2.24. The van der Waals surface area contributed by atoms with Crippen LogP contribution in [-0.4, -0.2) is 16.6 Å². The molecule has 4 nitrogen and oxygen atoms in total. The number of hydrogen-bond donors (Lipinski definition) is 0. The second-order valence-electron chi connectivity index (χ2n) is 7.10. The first-order valence-corrected chi connectivity index (χ1v) is 9.31. The number of anilines is 4. The van der Waals surface area contributed by atoms with Gasteiger partial charge in [-0.1, -0.05) is 40.2 Å². The summed E-state index contributed by atoms with van der Waals surface area (Å²) in [6, 6.07) is 18.5. The summed E-state index contributed by atoms with van der Waals surface area (Å²) in [6.07, 6.45) is 1.84. The first-order chi connectivity index (χ1) is 12.4. The zero-order valence-electron chi connectivity index (χ0n) is 14.9. The molecule has 5 heteroatoms. The Labute approximate surface area is 162 Å². The molecule has 0 aliphatic carbocycles. The van der Waals surface area contributed by atoms with E-state index in [9.17, 15) is 0 Å². The fourth-order valence-electron chi connectivity index (χ4n) is 3.01. The van der Waals surface area contributed by atoms with Gasteiger partial charge in [0, 0.05) is 15.8 Å². The predicted molar refractivity (Wildman–Crippen MR) is 110 cm³/mol. The van der Waals surface area contributed by atoms with Gasteiger partial charge in [-0.2, -0.15) is 0 Å². The van der Waals surface area contributed by atoms with E-state index >= 15 is 0 Å². The number of aromatic nitrogens is 2. The number of fused-ring (bicyclic) bond motifs is 1. The van der Waals surface area contributed by atoms with E-state index in [0.717, 1.165) is 33.2 Å². The van der Waals surface area contributed by atoms with Crippen molar-refractivity contribution in [3.05, 3.63) is 77.9 Å². The van der Waals surface area contributed by atoms with Crippen LogP contribution in [0.5, 0.6) is 0 Å². The number of rotatable bonds is 3. The molecule has 0 saturated heterocycles. The van der Waals surface area contributed by atoms with Crippen LogP contribution in [0.2, 0.25) is 0 Å². The zero-order valence-corrected chi connectivity index (χ0v) is 16.4. The molecule has 4 rings (SSSR count). The summed E-state index contributed by atoms with van der Waals surface area (Å²) >= 11 is 3.57. The van der Waals surface area contributed by atoms with Gasteiger partial charge in [0.15, 0.2) is 11.6 Å². The average molecular weight is 408 g/mol. The number of benzene rings is 2. The SMILES string of the molecule is [CH2+]C(C)(C)c1cnc2c(n1)N(c1cccc(Br)c1)CN2c1ccccc1. The molecule has 0 N–H and O–H groups in total. The Morgan fingerprint density at radius 3 is 2.35 bits per heavy atom. The standard InChI is InChI=1S/C21H20BrN4/c1-21(2,3)18-13-23-19-20(24-18)26(17-11-7-8-15(22)12-17)14-25(19)16-9-5-4-6-10-16/h4-13H,1,14H2,2-3H3/q+1. The summed E-state index contributed by atoms with van der Waals surface area (Å²) in [5, 5.41) is 0. The first-order valence-electron chi connectivity index (χ1n) is 8.52. The van der Waals surface area contributed by atoms with Gasteiger partial charge in [0.05, 0.1) is 13.1 Å². The quantitative estimate of drug-likeness (QED) is 0.529. The Bertz CT molecular complexity index is 934. The Kier molecular flexibility index (Phi) is 4.11. The largest absolute Gasteiger partial charge is 0.305 e. The summed E-state index contributed by atoms with van der Waals surface area (Å²) in [5.74, 6) is 1.73. The molecule has 0 radical (unpaired) electrons. The Morgan fingerprint density at radius 2 is 1.65 bits per heavy atom. The molecule has 0 spiro atoms. The summed E-state index contributed by atoms with van der Waals surface area (Å²) in [5.41, 5.74) is 2.76. The van der Waals surface area contributed by atoms with Crippen LogP contribution in [-0.2, 0) is 5.41 Å². The highest BCUT2D eigenvalue weighted by molar-refractivity contribution is 9.10. The van der Waals surface area contributed by atoms with E-state index < -0.39 is 0 Å². The van der Waals surface area contributed by atoms with Gasteiger partial charge in [0.25, 0.3) is 0 Å². The molecular weight excluding hydrogens is 388 g/mol. The lowest BCUT2D eigenvalue weighted by Gasteiger charge is -2.21. The van der Waals surface area contributed by atoms with E-state index in [-0.39, 0.29) is 5.41 Å². The van der Waals surface area contributed by atoms with Gasteiger partial charge in [0.1, 0.15) is 17.8 Å². The molecule has 1 aliphatic heterocycles. The molecule has 130 valence electrons. The van der Waals surface area contributed by atoms with Crippen molar-refractivity contribution in [3.8, 4) is 0 Å². The third kappa shape index (κ3) is 3.03. The van der Waals surface area contributed by atoms with Crippen LogP contribution < -0.4 is 9.80 Å². The van der Waals surface area contributed by atoms with Gasteiger partial charge in [0.2, 0.25) is 0 Å². The topological polar surface area (TPSA) is 32.3 Å². The number of hydrogen-bond acceptors (Lipinski definition) is 4. The molecule has 2 aromatic carbocycles. The summed E-state index contributed by atoms with van der Waals surface area (Å²) in [6.45, 7) is 8.98. The van der Waals surface area contributed by atoms with Crippen molar-refractivity contribution in [2.75, 3.05) is 16.5 Å². The number of halogens is 1. The van der Waals surface area contributed by atoms with Crippen molar-refractivity contribution in [2.45, 2.75) is 19.3 Å². The van der Waals surface area contributed by atoms with Crippen LogP contribution in [0.15, 0.2) is 65.3 Å². The molecule has 0 saturated carbocycles. The van der Waals surface area contributed by atoms with Gasteiger partial charge >= 0.3 is 0 Å². The molecule has 26 heavy (non-hydrogen) atoms. The van der Waals surface area contributed by atoms with Crippen LogP contribution >= 0.6 is 15.9 Å². The minimum Gasteiger partial charge on any atom is -0.305 e. The van der Waals surface area contributed by atoms with E-state index in [1.807, 2.05) is 36.5 Å². The van der Waals surface area contributed by atoms with Crippen molar-refractivity contribution >= 4 is 38.9 Å². The van der Waals surface area contributed by atoms with Gasteiger partial charge in [-0.15, -0.1) is 0 Å². The van der Waals surface area contributed by atoms with Crippen LogP contribution in [0, 0.1) is 6.92 Å². The minimum atomic E-state index is -0.300. The van der Waals surface area contributed by atoms with Gasteiger partial charge in [-0.05, 0) is 44.2 Å². The molecule has 0 bridgehead atoms. The maximum absolute atomic E-state index is 4.93. The maximum atomic E-state index is 4.93. The van der Waals surface area contributed by atoms with Crippen LogP contribution in [0.4, 0.5) is 23.0 Å². The van der Waals surface area contributed by atoms with E-state index in [4.69, 9.17) is 9.97 Å². The zero-order chi connectivity index (χ0) is 18.3. The van der Waals surface area contributed by atoms with E-state index in [0.29, 0.717) is 6.67 Å². The highest BCUT2D eigenvalue weighted by Crippen LogP contribution is 2.42. The molecular formula is C21H20BrN4+. The third-order valence-electron chi connectivity index (χ3n) is 4.41. The highest BCUT2D eigenvalue weighted by Gasteiger charge is 2.34. The normalized spacial score (nSPS) is 13.8. The summed E-state index contributed by atoms with van der Waals surface area (Å²) in [7, 11) is 0.